The first-order valence-corrected chi connectivity index (χ1v) is 13.5. The SMILES string of the molecule is Cc1c(C(=O)N2CCc3ccccc3C2)oc2c1/C(=N/NC(=O)C(c1ccccc1)c1ccccc1)CCC2. The van der Waals surface area contributed by atoms with E-state index in [2.05, 4.69) is 22.7 Å². The number of hydrogen-bond acceptors (Lipinski definition) is 4. The number of benzene rings is 3. The summed E-state index contributed by atoms with van der Waals surface area (Å²) in [6, 6.07) is 27.7. The molecule has 1 N–H and O–H groups in total. The van der Waals surface area contributed by atoms with Gasteiger partial charge < -0.3 is 9.32 Å². The third-order valence-corrected chi connectivity index (χ3v) is 7.77. The Morgan fingerprint density at radius 2 is 1.49 bits per heavy atom. The van der Waals surface area contributed by atoms with Crippen LogP contribution in [-0.2, 0) is 24.2 Å². The van der Waals surface area contributed by atoms with Crippen molar-refractivity contribution in [1.82, 2.24) is 10.3 Å². The Morgan fingerprint density at radius 3 is 2.18 bits per heavy atom. The summed E-state index contributed by atoms with van der Waals surface area (Å²) in [7, 11) is 0. The first-order chi connectivity index (χ1) is 19.1. The molecule has 3 aromatic carbocycles. The van der Waals surface area contributed by atoms with Gasteiger partial charge in [-0.2, -0.15) is 5.10 Å². The summed E-state index contributed by atoms with van der Waals surface area (Å²) in [6.45, 7) is 3.17. The molecule has 0 atom stereocenters. The third kappa shape index (κ3) is 4.90. The number of amides is 2. The molecular weight excluding hydrogens is 486 g/mol. The van der Waals surface area contributed by atoms with Crippen LogP contribution in [0.1, 0.15) is 68.5 Å². The topological polar surface area (TPSA) is 74.9 Å². The third-order valence-electron chi connectivity index (χ3n) is 7.77. The minimum atomic E-state index is -0.482. The van der Waals surface area contributed by atoms with E-state index in [9.17, 15) is 9.59 Å². The predicted octanol–water partition coefficient (Wildman–Crippen LogP) is 5.78. The number of fused-ring (bicyclic) bond motifs is 2. The van der Waals surface area contributed by atoms with Crippen LogP contribution in [0.4, 0.5) is 0 Å². The van der Waals surface area contributed by atoms with Crippen molar-refractivity contribution in [2.45, 2.75) is 45.1 Å². The molecule has 1 aliphatic carbocycles. The quantitative estimate of drug-likeness (QED) is 0.341. The molecule has 6 heteroatoms. The molecule has 1 aliphatic heterocycles. The fourth-order valence-corrected chi connectivity index (χ4v) is 5.77. The molecule has 2 aliphatic rings. The smallest absolute Gasteiger partial charge is 0.290 e. The maximum atomic E-state index is 13.5. The maximum absolute atomic E-state index is 13.5. The molecule has 0 radical (unpaired) electrons. The van der Waals surface area contributed by atoms with Gasteiger partial charge in [-0.1, -0.05) is 84.9 Å². The summed E-state index contributed by atoms with van der Waals surface area (Å²) in [5.74, 6) is 0.385. The monoisotopic (exact) mass is 517 g/mol. The number of aryl methyl sites for hydroxylation is 1. The van der Waals surface area contributed by atoms with Crippen molar-refractivity contribution in [2.75, 3.05) is 6.54 Å². The summed E-state index contributed by atoms with van der Waals surface area (Å²) in [4.78, 5) is 28.9. The molecule has 196 valence electrons. The summed E-state index contributed by atoms with van der Waals surface area (Å²) >= 11 is 0. The molecule has 6 rings (SSSR count). The highest BCUT2D eigenvalue weighted by Gasteiger charge is 2.32. The van der Waals surface area contributed by atoms with Crippen LogP contribution >= 0.6 is 0 Å². The molecule has 0 unspecified atom stereocenters. The van der Waals surface area contributed by atoms with Crippen LogP contribution in [-0.4, -0.2) is 29.0 Å². The molecule has 0 bridgehead atoms. The highest BCUT2D eigenvalue weighted by Crippen LogP contribution is 2.32. The number of carbonyl (C=O) groups is 2. The zero-order valence-corrected chi connectivity index (χ0v) is 22.0. The summed E-state index contributed by atoms with van der Waals surface area (Å²) in [5.41, 5.74) is 9.54. The first-order valence-electron chi connectivity index (χ1n) is 13.5. The number of carbonyl (C=O) groups excluding carboxylic acids is 2. The van der Waals surface area contributed by atoms with Crippen molar-refractivity contribution in [1.29, 1.82) is 0 Å². The molecule has 2 heterocycles. The van der Waals surface area contributed by atoms with E-state index >= 15 is 0 Å². The molecular formula is C33H31N3O3. The Balaban J connectivity index is 1.26. The van der Waals surface area contributed by atoms with Gasteiger partial charge >= 0.3 is 0 Å². The van der Waals surface area contributed by atoms with Crippen LogP contribution in [0.25, 0.3) is 0 Å². The van der Waals surface area contributed by atoms with Gasteiger partial charge in [-0.3, -0.25) is 9.59 Å². The van der Waals surface area contributed by atoms with E-state index < -0.39 is 5.92 Å². The Labute approximate surface area is 228 Å². The minimum absolute atomic E-state index is 0.0898. The fourth-order valence-electron chi connectivity index (χ4n) is 5.77. The van der Waals surface area contributed by atoms with Gasteiger partial charge in [0.25, 0.3) is 11.8 Å². The van der Waals surface area contributed by atoms with Gasteiger partial charge in [0.2, 0.25) is 0 Å². The van der Waals surface area contributed by atoms with Crippen molar-refractivity contribution in [2.24, 2.45) is 5.10 Å². The zero-order chi connectivity index (χ0) is 26.8. The van der Waals surface area contributed by atoms with Gasteiger partial charge in [0.15, 0.2) is 5.76 Å². The van der Waals surface area contributed by atoms with E-state index in [0.717, 1.165) is 53.0 Å². The Hall–Kier alpha value is -4.45. The lowest BCUT2D eigenvalue weighted by Crippen LogP contribution is -2.36. The summed E-state index contributed by atoms with van der Waals surface area (Å²) in [5, 5.41) is 4.60. The van der Waals surface area contributed by atoms with Gasteiger partial charge in [0.1, 0.15) is 5.76 Å². The molecule has 0 spiro atoms. The molecule has 0 saturated heterocycles. The van der Waals surface area contributed by atoms with E-state index in [4.69, 9.17) is 4.42 Å². The van der Waals surface area contributed by atoms with Crippen molar-refractivity contribution in [3.05, 3.63) is 130 Å². The molecule has 0 fully saturated rings. The molecule has 4 aromatic rings. The van der Waals surface area contributed by atoms with Crippen LogP contribution in [0, 0.1) is 6.92 Å². The fraction of sp³-hybridized carbons (Fsp3) is 0.242. The maximum Gasteiger partial charge on any atom is 0.290 e. The summed E-state index contributed by atoms with van der Waals surface area (Å²) in [6.07, 6.45) is 3.14. The highest BCUT2D eigenvalue weighted by atomic mass is 16.4. The number of furan rings is 1. The van der Waals surface area contributed by atoms with Crippen LogP contribution in [0.15, 0.2) is 94.4 Å². The van der Waals surface area contributed by atoms with E-state index in [0.29, 0.717) is 25.3 Å². The zero-order valence-electron chi connectivity index (χ0n) is 22.0. The molecule has 0 saturated carbocycles. The Morgan fingerprint density at radius 1 is 0.846 bits per heavy atom. The van der Waals surface area contributed by atoms with E-state index in [1.165, 1.54) is 11.1 Å². The first kappa shape index (κ1) is 24.9. The normalized spacial score (nSPS) is 15.6. The number of hydrazone groups is 1. The molecule has 39 heavy (non-hydrogen) atoms. The van der Waals surface area contributed by atoms with Crippen LogP contribution < -0.4 is 5.43 Å². The second-order valence-corrected chi connectivity index (χ2v) is 10.2. The van der Waals surface area contributed by atoms with Crippen molar-refractivity contribution in [3.63, 3.8) is 0 Å². The second kappa shape index (κ2) is 10.7. The van der Waals surface area contributed by atoms with E-state index in [1.54, 1.807) is 0 Å². The largest absolute Gasteiger partial charge is 0.455 e. The van der Waals surface area contributed by atoms with Crippen LogP contribution in [0.3, 0.4) is 0 Å². The van der Waals surface area contributed by atoms with E-state index in [-0.39, 0.29) is 11.8 Å². The Kier molecular flexibility index (Phi) is 6.84. The minimum Gasteiger partial charge on any atom is -0.455 e. The lowest BCUT2D eigenvalue weighted by Gasteiger charge is -2.28. The predicted molar refractivity (Wildman–Crippen MR) is 151 cm³/mol. The van der Waals surface area contributed by atoms with Gasteiger partial charge in [0, 0.05) is 30.6 Å². The van der Waals surface area contributed by atoms with Crippen LogP contribution in [0.5, 0.6) is 0 Å². The lowest BCUT2D eigenvalue weighted by molar-refractivity contribution is -0.121. The van der Waals surface area contributed by atoms with Crippen molar-refractivity contribution >= 4 is 17.5 Å². The second-order valence-electron chi connectivity index (χ2n) is 10.2. The number of rotatable bonds is 5. The van der Waals surface area contributed by atoms with E-state index in [1.807, 2.05) is 84.6 Å². The molecule has 6 nitrogen and oxygen atoms in total. The average Bonchev–Trinajstić information content (AvgIpc) is 3.33. The number of hydrogen-bond donors (Lipinski definition) is 1. The number of nitrogens with zero attached hydrogens (tertiary/aromatic N) is 2. The van der Waals surface area contributed by atoms with Crippen molar-refractivity contribution < 1.29 is 14.0 Å². The standard InChI is InChI=1S/C33H31N3O3/c1-22-29-27(34-35-32(37)30(24-12-4-2-5-13-24)25-14-6-3-7-15-25)17-10-18-28(29)39-31(22)33(38)36-20-19-23-11-8-9-16-26(23)21-36/h2-9,11-16,30H,10,17-21H2,1H3,(H,35,37)/b34-27+. The Bertz CT molecular complexity index is 1500. The van der Waals surface area contributed by atoms with Crippen molar-refractivity contribution in [3.8, 4) is 0 Å². The summed E-state index contributed by atoms with van der Waals surface area (Å²) < 4.78 is 6.18. The van der Waals surface area contributed by atoms with Crippen LogP contribution in [0.2, 0.25) is 0 Å². The highest BCUT2D eigenvalue weighted by molar-refractivity contribution is 6.07. The van der Waals surface area contributed by atoms with Gasteiger partial charge in [-0.25, -0.2) is 5.43 Å². The number of nitrogens with one attached hydrogen (secondary N) is 1. The molecule has 2 amide bonds. The lowest BCUT2D eigenvalue weighted by atomic mass is 9.90. The van der Waals surface area contributed by atoms with Gasteiger partial charge in [-0.15, -0.1) is 0 Å². The average molecular weight is 518 g/mol. The van der Waals surface area contributed by atoms with Gasteiger partial charge in [0.05, 0.1) is 11.6 Å². The van der Waals surface area contributed by atoms with Gasteiger partial charge in [-0.05, 0) is 48.4 Å². The molecule has 1 aromatic heterocycles.